The number of halogens is 1. The van der Waals surface area contributed by atoms with Gasteiger partial charge in [0.25, 0.3) is 0 Å². The van der Waals surface area contributed by atoms with E-state index in [1.807, 2.05) is 24.3 Å². The molecule has 0 bridgehead atoms. The molecule has 3 aromatic carbocycles. The zero-order chi connectivity index (χ0) is 16.8. The van der Waals surface area contributed by atoms with E-state index in [4.69, 9.17) is 0 Å². The highest BCUT2D eigenvalue weighted by Gasteiger charge is 2.03. The van der Waals surface area contributed by atoms with Crippen molar-refractivity contribution < 1.29 is 4.79 Å². The quantitative estimate of drug-likeness (QED) is 0.620. The summed E-state index contributed by atoms with van der Waals surface area (Å²) in [7, 11) is 0. The molecule has 0 saturated heterocycles. The fraction of sp³-hybridized carbons (Fsp3) is 0.150. The van der Waals surface area contributed by atoms with Gasteiger partial charge in [0, 0.05) is 16.8 Å². The maximum absolute atomic E-state index is 12.0. The molecule has 0 aromatic heterocycles. The maximum atomic E-state index is 12.0. The number of hydrogen-bond donors (Lipinski definition) is 1. The molecule has 0 fully saturated rings. The first-order valence-corrected chi connectivity index (χ1v) is 9.72. The summed E-state index contributed by atoms with van der Waals surface area (Å²) < 4.78 is 1.07. The van der Waals surface area contributed by atoms with Crippen LogP contribution in [0.25, 0.3) is 10.8 Å². The Morgan fingerprint density at radius 2 is 1.62 bits per heavy atom. The molecular formula is C20H18BrNOS. The molecule has 0 unspecified atom stereocenters. The zero-order valence-electron chi connectivity index (χ0n) is 13.2. The molecule has 2 nitrogen and oxygen atoms in total. The van der Waals surface area contributed by atoms with Crippen LogP contribution in [-0.2, 0) is 17.1 Å². The van der Waals surface area contributed by atoms with Crippen molar-refractivity contribution in [3.8, 4) is 0 Å². The molecule has 0 aliphatic heterocycles. The number of carbonyl (C=O) groups is 1. The largest absolute Gasteiger partial charge is 0.351 e. The van der Waals surface area contributed by atoms with Crippen LogP contribution in [0.5, 0.6) is 0 Å². The molecule has 0 aliphatic rings. The Kier molecular flexibility index (Phi) is 5.94. The lowest BCUT2D eigenvalue weighted by atomic mass is 10.1. The Morgan fingerprint density at radius 3 is 2.42 bits per heavy atom. The second kappa shape index (κ2) is 8.36. The van der Waals surface area contributed by atoms with Gasteiger partial charge in [-0.2, -0.15) is 0 Å². The monoisotopic (exact) mass is 399 g/mol. The van der Waals surface area contributed by atoms with Crippen molar-refractivity contribution in [1.29, 1.82) is 0 Å². The molecule has 0 saturated carbocycles. The average Bonchev–Trinajstić information content (AvgIpc) is 2.61. The van der Waals surface area contributed by atoms with Crippen LogP contribution in [0.1, 0.15) is 11.1 Å². The fourth-order valence-corrected chi connectivity index (χ4v) is 3.52. The Balaban J connectivity index is 1.45. The zero-order valence-corrected chi connectivity index (χ0v) is 15.6. The van der Waals surface area contributed by atoms with Crippen LogP contribution < -0.4 is 5.32 Å². The van der Waals surface area contributed by atoms with Gasteiger partial charge in [-0.25, -0.2) is 0 Å². The first kappa shape index (κ1) is 17.1. The van der Waals surface area contributed by atoms with Gasteiger partial charge in [-0.05, 0) is 40.1 Å². The third-order valence-electron chi connectivity index (χ3n) is 3.72. The molecule has 1 N–H and O–H groups in total. The van der Waals surface area contributed by atoms with Crippen LogP contribution in [0.2, 0.25) is 0 Å². The fourth-order valence-electron chi connectivity index (χ4n) is 2.44. The average molecular weight is 400 g/mol. The predicted molar refractivity (Wildman–Crippen MR) is 106 cm³/mol. The number of benzene rings is 3. The van der Waals surface area contributed by atoms with E-state index in [1.165, 1.54) is 16.3 Å². The van der Waals surface area contributed by atoms with E-state index >= 15 is 0 Å². The number of carbonyl (C=O) groups excluding carboxylic acids is 1. The molecule has 4 heteroatoms. The highest BCUT2D eigenvalue weighted by atomic mass is 79.9. The summed E-state index contributed by atoms with van der Waals surface area (Å²) in [4.78, 5) is 12.0. The second-order valence-electron chi connectivity index (χ2n) is 5.58. The van der Waals surface area contributed by atoms with E-state index in [1.54, 1.807) is 11.8 Å². The summed E-state index contributed by atoms with van der Waals surface area (Å²) in [5, 5.41) is 5.41. The van der Waals surface area contributed by atoms with Crippen molar-refractivity contribution in [3.05, 3.63) is 82.3 Å². The number of thioether (sulfide) groups is 1. The Bertz CT molecular complexity index is 832. The van der Waals surface area contributed by atoms with Crippen molar-refractivity contribution in [3.63, 3.8) is 0 Å². The Labute approximate surface area is 154 Å². The first-order valence-electron chi connectivity index (χ1n) is 7.77. The van der Waals surface area contributed by atoms with Crippen LogP contribution in [0, 0.1) is 0 Å². The van der Waals surface area contributed by atoms with E-state index in [2.05, 4.69) is 63.7 Å². The van der Waals surface area contributed by atoms with E-state index in [9.17, 15) is 4.79 Å². The summed E-state index contributed by atoms with van der Waals surface area (Å²) in [5.41, 5.74) is 2.35. The molecule has 0 spiro atoms. The second-order valence-corrected chi connectivity index (χ2v) is 7.48. The van der Waals surface area contributed by atoms with Crippen molar-refractivity contribution >= 4 is 44.4 Å². The van der Waals surface area contributed by atoms with Crippen LogP contribution >= 0.6 is 27.7 Å². The maximum Gasteiger partial charge on any atom is 0.230 e. The lowest BCUT2D eigenvalue weighted by molar-refractivity contribution is -0.118. The molecule has 24 heavy (non-hydrogen) atoms. The Morgan fingerprint density at radius 1 is 0.917 bits per heavy atom. The standard InChI is InChI=1S/C20H18BrNOS/c21-19-9-6-15(7-10-19)13-24-14-20(23)22-12-16-5-8-17-3-1-2-4-18(17)11-16/h1-11H,12-14H2,(H,22,23). The van der Waals surface area contributed by atoms with Crippen LogP contribution in [-0.4, -0.2) is 11.7 Å². The van der Waals surface area contributed by atoms with Gasteiger partial charge in [-0.3, -0.25) is 4.79 Å². The molecule has 122 valence electrons. The van der Waals surface area contributed by atoms with Gasteiger partial charge in [0.2, 0.25) is 5.91 Å². The third-order valence-corrected chi connectivity index (χ3v) is 5.25. The lowest BCUT2D eigenvalue weighted by Gasteiger charge is -2.07. The third kappa shape index (κ3) is 4.86. The topological polar surface area (TPSA) is 29.1 Å². The summed E-state index contributed by atoms with van der Waals surface area (Å²) in [6, 6.07) is 22.7. The number of rotatable bonds is 6. The minimum absolute atomic E-state index is 0.0743. The van der Waals surface area contributed by atoms with E-state index in [0.717, 1.165) is 15.8 Å². The van der Waals surface area contributed by atoms with Crippen molar-refractivity contribution in [2.24, 2.45) is 0 Å². The molecule has 3 rings (SSSR count). The molecule has 1 amide bonds. The first-order chi connectivity index (χ1) is 11.7. The lowest BCUT2D eigenvalue weighted by Crippen LogP contribution is -2.24. The summed E-state index contributed by atoms with van der Waals surface area (Å²) in [5.74, 6) is 1.39. The number of nitrogens with one attached hydrogen (secondary N) is 1. The summed E-state index contributed by atoms with van der Waals surface area (Å²) in [6.45, 7) is 0.572. The minimum atomic E-state index is 0.0743. The molecule has 3 aromatic rings. The van der Waals surface area contributed by atoms with Crippen LogP contribution in [0.15, 0.2) is 71.2 Å². The van der Waals surface area contributed by atoms with Gasteiger partial charge in [0.05, 0.1) is 5.75 Å². The van der Waals surface area contributed by atoms with Gasteiger partial charge in [0.1, 0.15) is 0 Å². The summed E-state index contributed by atoms with van der Waals surface area (Å²) >= 11 is 5.05. The highest BCUT2D eigenvalue weighted by Crippen LogP contribution is 2.17. The summed E-state index contributed by atoms with van der Waals surface area (Å²) in [6.07, 6.45) is 0. The number of hydrogen-bond acceptors (Lipinski definition) is 2. The highest BCUT2D eigenvalue weighted by molar-refractivity contribution is 9.10. The van der Waals surface area contributed by atoms with Gasteiger partial charge in [-0.1, -0.05) is 64.5 Å². The van der Waals surface area contributed by atoms with Crippen LogP contribution in [0.3, 0.4) is 0 Å². The van der Waals surface area contributed by atoms with E-state index < -0.39 is 0 Å². The molecular weight excluding hydrogens is 382 g/mol. The van der Waals surface area contributed by atoms with Gasteiger partial charge in [0.15, 0.2) is 0 Å². The van der Waals surface area contributed by atoms with E-state index in [0.29, 0.717) is 12.3 Å². The van der Waals surface area contributed by atoms with Gasteiger partial charge in [-0.15, -0.1) is 11.8 Å². The SMILES string of the molecule is O=C(CSCc1ccc(Br)cc1)NCc1ccc2ccccc2c1. The predicted octanol–water partition coefficient (Wildman–Crippen LogP) is 5.15. The normalized spacial score (nSPS) is 10.7. The van der Waals surface area contributed by atoms with Crippen LogP contribution in [0.4, 0.5) is 0 Å². The Hall–Kier alpha value is -1.78. The number of fused-ring (bicyclic) bond motifs is 1. The molecule has 0 atom stereocenters. The van der Waals surface area contributed by atoms with Gasteiger partial charge >= 0.3 is 0 Å². The molecule has 0 aliphatic carbocycles. The van der Waals surface area contributed by atoms with E-state index in [-0.39, 0.29) is 5.91 Å². The van der Waals surface area contributed by atoms with Crippen molar-refractivity contribution in [2.75, 3.05) is 5.75 Å². The van der Waals surface area contributed by atoms with Gasteiger partial charge < -0.3 is 5.32 Å². The molecule has 0 heterocycles. The number of amides is 1. The smallest absolute Gasteiger partial charge is 0.230 e. The van der Waals surface area contributed by atoms with Crippen molar-refractivity contribution in [2.45, 2.75) is 12.3 Å². The van der Waals surface area contributed by atoms with Crippen molar-refractivity contribution in [1.82, 2.24) is 5.32 Å². The molecule has 0 radical (unpaired) electrons. The minimum Gasteiger partial charge on any atom is -0.351 e.